The zero-order valence-electron chi connectivity index (χ0n) is 14.2. The molecule has 2 aromatic carbocycles. The van der Waals surface area contributed by atoms with E-state index in [0.29, 0.717) is 11.6 Å². The molecule has 4 rings (SSSR count). The highest BCUT2D eigenvalue weighted by Gasteiger charge is 2.16. The number of phenols is 1. The maximum Gasteiger partial charge on any atom is 0.161 e. The molecule has 26 heavy (non-hydrogen) atoms. The van der Waals surface area contributed by atoms with Crippen molar-refractivity contribution < 1.29 is 9.84 Å². The van der Waals surface area contributed by atoms with Crippen LogP contribution >= 0.6 is 0 Å². The van der Waals surface area contributed by atoms with E-state index < -0.39 is 0 Å². The molecule has 2 aromatic heterocycles. The standard InChI is InChI=1S/C21H17N3O2/c1-26-18-13-16(7-8-17(18)25)21-23-19(14-5-3-2-4-6-14)20(24-21)15-9-11-22-12-10-15/h2-13,25H,1H3,(H,23,24). The smallest absolute Gasteiger partial charge is 0.161 e. The summed E-state index contributed by atoms with van der Waals surface area (Å²) in [4.78, 5) is 12.3. The lowest BCUT2D eigenvalue weighted by Crippen LogP contribution is -1.86. The van der Waals surface area contributed by atoms with Gasteiger partial charge in [-0.3, -0.25) is 4.98 Å². The topological polar surface area (TPSA) is 71.0 Å². The molecule has 5 nitrogen and oxygen atoms in total. The van der Waals surface area contributed by atoms with E-state index in [2.05, 4.69) is 9.97 Å². The molecule has 4 aromatic rings. The summed E-state index contributed by atoms with van der Waals surface area (Å²) in [5.74, 6) is 1.21. The normalized spacial score (nSPS) is 10.7. The number of ether oxygens (including phenoxy) is 1. The van der Waals surface area contributed by atoms with E-state index in [4.69, 9.17) is 9.72 Å². The lowest BCUT2D eigenvalue weighted by molar-refractivity contribution is 0.373. The Hall–Kier alpha value is -3.60. The van der Waals surface area contributed by atoms with Gasteiger partial charge in [0.15, 0.2) is 11.5 Å². The Morgan fingerprint density at radius 2 is 1.65 bits per heavy atom. The predicted molar refractivity (Wildman–Crippen MR) is 101 cm³/mol. The lowest BCUT2D eigenvalue weighted by atomic mass is 10.1. The van der Waals surface area contributed by atoms with Crippen LogP contribution in [0.2, 0.25) is 0 Å². The second-order valence-corrected chi connectivity index (χ2v) is 5.80. The quantitative estimate of drug-likeness (QED) is 0.571. The summed E-state index contributed by atoms with van der Waals surface area (Å²) >= 11 is 0. The van der Waals surface area contributed by atoms with Crippen LogP contribution in [0, 0.1) is 0 Å². The van der Waals surface area contributed by atoms with E-state index >= 15 is 0 Å². The van der Waals surface area contributed by atoms with Crippen LogP contribution in [0.25, 0.3) is 33.9 Å². The number of H-pyrrole nitrogens is 1. The van der Waals surface area contributed by atoms with Gasteiger partial charge in [-0.25, -0.2) is 4.98 Å². The highest BCUT2D eigenvalue weighted by molar-refractivity contribution is 5.81. The summed E-state index contributed by atoms with van der Waals surface area (Å²) < 4.78 is 5.21. The molecule has 0 aliphatic heterocycles. The van der Waals surface area contributed by atoms with Crippen LogP contribution in [0.1, 0.15) is 0 Å². The average Bonchev–Trinajstić information content (AvgIpc) is 3.15. The number of hydrogen-bond acceptors (Lipinski definition) is 4. The van der Waals surface area contributed by atoms with Crippen molar-refractivity contribution in [2.24, 2.45) is 0 Å². The van der Waals surface area contributed by atoms with Crippen LogP contribution in [0.4, 0.5) is 0 Å². The van der Waals surface area contributed by atoms with Crippen molar-refractivity contribution in [3.05, 3.63) is 73.1 Å². The van der Waals surface area contributed by atoms with E-state index in [0.717, 1.165) is 28.1 Å². The van der Waals surface area contributed by atoms with Crippen molar-refractivity contribution in [1.82, 2.24) is 15.0 Å². The number of methoxy groups -OCH3 is 1. The van der Waals surface area contributed by atoms with Crippen LogP contribution in [0.15, 0.2) is 73.1 Å². The minimum Gasteiger partial charge on any atom is -0.504 e. The second kappa shape index (κ2) is 6.72. The third-order valence-electron chi connectivity index (χ3n) is 4.17. The maximum absolute atomic E-state index is 9.84. The Balaban J connectivity index is 1.89. The molecule has 5 heteroatoms. The van der Waals surface area contributed by atoms with Gasteiger partial charge in [-0.1, -0.05) is 30.3 Å². The van der Waals surface area contributed by atoms with Crippen molar-refractivity contribution in [3.8, 4) is 45.4 Å². The highest BCUT2D eigenvalue weighted by atomic mass is 16.5. The summed E-state index contributed by atoms with van der Waals surface area (Å²) in [5.41, 5.74) is 4.63. The number of aromatic nitrogens is 3. The fourth-order valence-corrected chi connectivity index (χ4v) is 2.87. The molecule has 0 spiro atoms. The SMILES string of the molecule is COc1cc(-c2nc(-c3ccncc3)c(-c3ccccc3)[nH]2)ccc1O. The molecule has 128 valence electrons. The fraction of sp³-hybridized carbons (Fsp3) is 0.0476. The largest absolute Gasteiger partial charge is 0.504 e. The van der Waals surface area contributed by atoms with Crippen molar-refractivity contribution in [2.45, 2.75) is 0 Å². The predicted octanol–water partition coefficient (Wildman–Crippen LogP) is 4.52. The van der Waals surface area contributed by atoms with Crippen LogP contribution in [-0.2, 0) is 0 Å². The van der Waals surface area contributed by atoms with Crippen molar-refractivity contribution >= 4 is 0 Å². The summed E-state index contributed by atoms with van der Waals surface area (Å²) in [7, 11) is 1.53. The first kappa shape index (κ1) is 15.9. The van der Waals surface area contributed by atoms with E-state index in [9.17, 15) is 5.11 Å². The number of hydrogen-bond donors (Lipinski definition) is 2. The van der Waals surface area contributed by atoms with Crippen molar-refractivity contribution in [2.75, 3.05) is 7.11 Å². The fourth-order valence-electron chi connectivity index (χ4n) is 2.87. The van der Waals surface area contributed by atoms with Gasteiger partial charge in [-0.15, -0.1) is 0 Å². The van der Waals surface area contributed by atoms with Gasteiger partial charge in [0.05, 0.1) is 18.5 Å². The summed E-state index contributed by atoms with van der Waals surface area (Å²) in [6.45, 7) is 0. The van der Waals surface area contributed by atoms with Crippen LogP contribution in [0.3, 0.4) is 0 Å². The molecule has 0 fully saturated rings. The minimum absolute atomic E-state index is 0.0976. The number of imidazole rings is 1. The molecule has 0 radical (unpaired) electrons. The number of aromatic hydroxyl groups is 1. The van der Waals surface area contributed by atoms with Gasteiger partial charge >= 0.3 is 0 Å². The molecular formula is C21H17N3O2. The zero-order chi connectivity index (χ0) is 17.9. The summed E-state index contributed by atoms with van der Waals surface area (Å²) in [6.07, 6.45) is 3.50. The molecule has 0 saturated heterocycles. The number of benzene rings is 2. The second-order valence-electron chi connectivity index (χ2n) is 5.80. The van der Waals surface area contributed by atoms with Crippen molar-refractivity contribution in [3.63, 3.8) is 0 Å². The zero-order valence-corrected chi connectivity index (χ0v) is 14.2. The molecule has 0 bridgehead atoms. The first-order valence-corrected chi connectivity index (χ1v) is 8.19. The van der Waals surface area contributed by atoms with E-state index in [1.807, 2.05) is 48.5 Å². The number of nitrogens with one attached hydrogen (secondary N) is 1. The Labute approximate surface area is 151 Å². The number of phenolic OH excluding ortho intramolecular Hbond substituents is 1. The molecule has 2 heterocycles. The number of aromatic amines is 1. The van der Waals surface area contributed by atoms with Gasteiger partial charge in [0.1, 0.15) is 5.82 Å². The third kappa shape index (κ3) is 2.91. The molecule has 0 saturated carbocycles. The first-order chi connectivity index (χ1) is 12.8. The van der Waals surface area contributed by atoms with Gasteiger partial charge in [-0.05, 0) is 30.3 Å². The van der Waals surface area contributed by atoms with E-state index in [-0.39, 0.29) is 5.75 Å². The molecule has 0 aliphatic carbocycles. The number of nitrogens with zero attached hydrogens (tertiary/aromatic N) is 2. The highest BCUT2D eigenvalue weighted by Crippen LogP contribution is 2.35. The van der Waals surface area contributed by atoms with Gasteiger partial charge in [0, 0.05) is 29.1 Å². The Kier molecular flexibility index (Phi) is 4.11. The Morgan fingerprint density at radius 1 is 0.885 bits per heavy atom. The summed E-state index contributed by atoms with van der Waals surface area (Å²) in [5, 5.41) is 9.84. The summed E-state index contributed by atoms with van der Waals surface area (Å²) in [6, 6.07) is 19.1. The Bertz CT molecular complexity index is 971. The van der Waals surface area contributed by atoms with Crippen LogP contribution in [0.5, 0.6) is 11.5 Å². The van der Waals surface area contributed by atoms with E-state index in [1.54, 1.807) is 24.5 Å². The molecule has 0 atom stereocenters. The molecular weight excluding hydrogens is 326 g/mol. The molecule has 0 aliphatic rings. The first-order valence-electron chi connectivity index (χ1n) is 8.19. The van der Waals surface area contributed by atoms with Gasteiger partial charge < -0.3 is 14.8 Å². The van der Waals surface area contributed by atoms with Crippen LogP contribution < -0.4 is 4.74 Å². The third-order valence-corrected chi connectivity index (χ3v) is 4.17. The average molecular weight is 343 g/mol. The monoisotopic (exact) mass is 343 g/mol. The minimum atomic E-state index is 0.0976. The van der Waals surface area contributed by atoms with Gasteiger partial charge in [0.25, 0.3) is 0 Å². The van der Waals surface area contributed by atoms with Gasteiger partial charge in [-0.2, -0.15) is 0 Å². The maximum atomic E-state index is 9.84. The van der Waals surface area contributed by atoms with Crippen LogP contribution in [-0.4, -0.2) is 27.2 Å². The Morgan fingerprint density at radius 3 is 2.38 bits per heavy atom. The number of rotatable bonds is 4. The number of pyridine rings is 1. The van der Waals surface area contributed by atoms with E-state index in [1.165, 1.54) is 7.11 Å². The van der Waals surface area contributed by atoms with Gasteiger partial charge in [0.2, 0.25) is 0 Å². The lowest BCUT2D eigenvalue weighted by Gasteiger charge is -2.04. The molecule has 2 N–H and O–H groups in total. The van der Waals surface area contributed by atoms with Crippen molar-refractivity contribution in [1.29, 1.82) is 0 Å². The molecule has 0 unspecified atom stereocenters. The molecule has 0 amide bonds.